The highest BCUT2D eigenvalue weighted by molar-refractivity contribution is 6.09. The summed E-state index contributed by atoms with van der Waals surface area (Å²) in [5.41, 5.74) is 10.5. The van der Waals surface area contributed by atoms with Gasteiger partial charge < -0.3 is 16.0 Å². The van der Waals surface area contributed by atoms with Crippen molar-refractivity contribution in [2.24, 2.45) is 5.73 Å². The summed E-state index contributed by atoms with van der Waals surface area (Å²) in [7, 11) is 0. The van der Waals surface area contributed by atoms with Crippen LogP contribution in [0.5, 0.6) is 0 Å². The summed E-state index contributed by atoms with van der Waals surface area (Å²) in [4.78, 5) is 31.7. The molecular weight excluding hydrogens is 419 g/mol. The molecule has 7 heteroatoms. The number of hydrogen-bond acceptors (Lipinski definition) is 3. The van der Waals surface area contributed by atoms with Gasteiger partial charge in [-0.15, -0.1) is 0 Å². The predicted octanol–water partition coefficient (Wildman–Crippen LogP) is 4.13. The summed E-state index contributed by atoms with van der Waals surface area (Å²) >= 11 is 0. The normalized spacial score (nSPS) is 19.0. The maximum Gasteiger partial charge on any atom is 0.312 e. The molecule has 5 rings (SSSR count). The van der Waals surface area contributed by atoms with Crippen LogP contribution in [0.3, 0.4) is 0 Å². The number of pyridine rings is 1. The van der Waals surface area contributed by atoms with Crippen molar-refractivity contribution in [3.8, 4) is 0 Å². The lowest BCUT2D eigenvalue weighted by Gasteiger charge is -2.25. The van der Waals surface area contributed by atoms with Gasteiger partial charge in [0.2, 0.25) is 0 Å². The first-order valence-electron chi connectivity index (χ1n) is 11.2. The van der Waals surface area contributed by atoms with E-state index in [0.717, 1.165) is 52.6 Å². The highest BCUT2D eigenvalue weighted by atomic mass is 19.1. The Balaban J connectivity index is 1.59. The number of halogens is 1. The number of carbonyl (C=O) groups excluding carboxylic acids is 2. The number of urea groups is 1. The lowest BCUT2D eigenvalue weighted by atomic mass is 9.85. The largest absolute Gasteiger partial charge is 0.352 e. The van der Waals surface area contributed by atoms with Crippen LogP contribution >= 0.6 is 0 Å². The van der Waals surface area contributed by atoms with Gasteiger partial charge in [0, 0.05) is 24.5 Å². The Hall–Kier alpha value is -3.74. The third-order valence-electron chi connectivity index (χ3n) is 6.42. The average Bonchev–Trinajstić information content (AvgIpc) is 3.27. The molecule has 3 amide bonds. The van der Waals surface area contributed by atoms with E-state index >= 15 is 0 Å². The molecule has 0 bridgehead atoms. The molecule has 1 aliphatic carbocycles. The number of rotatable bonds is 3. The number of nitrogens with one attached hydrogen (secondary N) is 1. The predicted molar refractivity (Wildman–Crippen MR) is 126 cm³/mol. The fourth-order valence-electron chi connectivity index (χ4n) is 4.90. The molecule has 1 fully saturated rings. The lowest BCUT2D eigenvalue weighted by Crippen LogP contribution is -2.41. The second-order valence-corrected chi connectivity index (χ2v) is 8.65. The Bertz CT molecular complexity index is 1270. The minimum atomic E-state index is -0.573. The quantitative estimate of drug-likeness (QED) is 0.637. The van der Waals surface area contributed by atoms with Crippen molar-refractivity contribution in [1.82, 2.24) is 15.2 Å². The number of nitrogens with zero attached hydrogens (tertiary/aromatic N) is 2. The van der Waals surface area contributed by atoms with Gasteiger partial charge in [0.25, 0.3) is 5.91 Å². The number of allylic oxidation sites excluding steroid dienone is 1. The summed E-state index contributed by atoms with van der Waals surface area (Å²) in [6, 6.07) is 13.4. The molecule has 1 aliphatic heterocycles. The minimum Gasteiger partial charge on any atom is -0.352 e. The minimum absolute atomic E-state index is 0.0401. The molecule has 2 aliphatic rings. The molecule has 0 spiro atoms. The molecule has 2 heterocycles. The maximum absolute atomic E-state index is 13.8. The molecule has 1 aromatic heterocycles. The summed E-state index contributed by atoms with van der Waals surface area (Å²) in [6.45, 7) is 0.999. The van der Waals surface area contributed by atoms with Crippen LogP contribution in [0.25, 0.3) is 22.6 Å². The van der Waals surface area contributed by atoms with E-state index in [1.165, 1.54) is 12.1 Å². The molecule has 1 saturated heterocycles. The fraction of sp³-hybridized carbons (Fsp3) is 0.269. The molecule has 1 unspecified atom stereocenters. The van der Waals surface area contributed by atoms with Gasteiger partial charge in [-0.25, -0.2) is 14.2 Å². The van der Waals surface area contributed by atoms with Crippen molar-refractivity contribution >= 4 is 34.5 Å². The first kappa shape index (κ1) is 21.1. The van der Waals surface area contributed by atoms with Crippen molar-refractivity contribution in [3.05, 3.63) is 76.7 Å². The number of carbonyl (C=O) groups is 2. The Morgan fingerprint density at radius 3 is 2.70 bits per heavy atom. The SMILES string of the molecule is NC(=O)NC1CCN(C(=O)c2c3c(nc4ccccc24)/C(=C\c2ccc(F)cc2)CCC3)C1. The lowest BCUT2D eigenvalue weighted by molar-refractivity contribution is 0.0790. The van der Waals surface area contributed by atoms with Gasteiger partial charge in [-0.1, -0.05) is 30.3 Å². The zero-order valence-electron chi connectivity index (χ0n) is 18.2. The van der Waals surface area contributed by atoms with Crippen LogP contribution in [0, 0.1) is 5.82 Å². The second-order valence-electron chi connectivity index (χ2n) is 8.65. The number of benzene rings is 2. The third-order valence-corrected chi connectivity index (χ3v) is 6.42. The van der Waals surface area contributed by atoms with Gasteiger partial charge in [-0.3, -0.25) is 4.79 Å². The molecule has 1 atom stereocenters. The molecule has 6 nitrogen and oxygen atoms in total. The van der Waals surface area contributed by atoms with Crippen LogP contribution in [-0.2, 0) is 6.42 Å². The summed E-state index contributed by atoms with van der Waals surface area (Å²) < 4.78 is 13.4. The fourth-order valence-corrected chi connectivity index (χ4v) is 4.90. The van der Waals surface area contributed by atoms with Crippen molar-refractivity contribution in [3.63, 3.8) is 0 Å². The number of aromatic nitrogens is 1. The van der Waals surface area contributed by atoms with Crippen LogP contribution in [0.2, 0.25) is 0 Å². The monoisotopic (exact) mass is 444 g/mol. The zero-order chi connectivity index (χ0) is 22.9. The Morgan fingerprint density at radius 1 is 1.12 bits per heavy atom. The van der Waals surface area contributed by atoms with E-state index in [1.54, 1.807) is 17.0 Å². The van der Waals surface area contributed by atoms with E-state index in [4.69, 9.17) is 10.7 Å². The number of primary amides is 1. The van der Waals surface area contributed by atoms with Crippen LogP contribution < -0.4 is 11.1 Å². The number of nitrogens with two attached hydrogens (primary N) is 1. The molecule has 0 saturated carbocycles. The van der Waals surface area contributed by atoms with Crippen LogP contribution in [-0.4, -0.2) is 41.0 Å². The molecular formula is C26H25FN4O2. The van der Waals surface area contributed by atoms with Gasteiger partial charge in [0.05, 0.1) is 16.8 Å². The van der Waals surface area contributed by atoms with Crippen molar-refractivity contribution in [2.75, 3.05) is 13.1 Å². The van der Waals surface area contributed by atoms with E-state index in [-0.39, 0.29) is 17.8 Å². The number of likely N-dealkylation sites (tertiary alicyclic amines) is 1. The van der Waals surface area contributed by atoms with Crippen LogP contribution in [0.4, 0.5) is 9.18 Å². The third kappa shape index (κ3) is 4.18. The van der Waals surface area contributed by atoms with E-state index < -0.39 is 6.03 Å². The first-order valence-corrected chi connectivity index (χ1v) is 11.2. The van der Waals surface area contributed by atoms with Gasteiger partial charge in [0.15, 0.2) is 0 Å². The van der Waals surface area contributed by atoms with Crippen molar-refractivity contribution in [1.29, 1.82) is 0 Å². The van der Waals surface area contributed by atoms with Gasteiger partial charge in [0.1, 0.15) is 5.82 Å². The van der Waals surface area contributed by atoms with Gasteiger partial charge in [-0.05, 0) is 66.7 Å². The molecule has 0 radical (unpaired) electrons. The van der Waals surface area contributed by atoms with Crippen molar-refractivity contribution in [2.45, 2.75) is 31.7 Å². The smallest absolute Gasteiger partial charge is 0.312 e. The number of fused-ring (bicyclic) bond motifs is 2. The zero-order valence-corrected chi connectivity index (χ0v) is 18.2. The van der Waals surface area contributed by atoms with Crippen LogP contribution in [0.1, 0.15) is 46.4 Å². The molecule has 33 heavy (non-hydrogen) atoms. The molecule has 2 aromatic carbocycles. The number of para-hydroxylation sites is 1. The highest BCUT2D eigenvalue weighted by Crippen LogP contribution is 2.37. The van der Waals surface area contributed by atoms with Crippen molar-refractivity contribution < 1.29 is 14.0 Å². The second kappa shape index (κ2) is 8.65. The van der Waals surface area contributed by atoms with E-state index in [2.05, 4.69) is 5.32 Å². The van der Waals surface area contributed by atoms with E-state index in [9.17, 15) is 14.0 Å². The topological polar surface area (TPSA) is 88.3 Å². The highest BCUT2D eigenvalue weighted by Gasteiger charge is 2.32. The maximum atomic E-state index is 13.8. The number of amides is 3. The average molecular weight is 445 g/mol. The van der Waals surface area contributed by atoms with E-state index in [0.29, 0.717) is 25.1 Å². The summed E-state index contributed by atoms with van der Waals surface area (Å²) in [5.74, 6) is -0.311. The Kier molecular flexibility index (Phi) is 5.54. The van der Waals surface area contributed by atoms with E-state index in [1.807, 2.05) is 30.3 Å². The Labute approximate surface area is 191 Å². The van der Waals surface area contributed by atoms with Gasteiger partial charge >= 0.3 is 6.03 Å². The molecule has 3 N–H and O–H groups in total. The molecule has 3 aromatic rings. The first-order chi connectivity index (χ1) is 16.0. The standard InChI is InChI=1S/C26H25FN4O2/c27-18-10-8-16(9-11-18)14-17-4-3-6-21-23(20-5-1-2-7-22(20)30-24(17)21)25(32)31-13-12-19(15-31)29-26(28)33/h1-2,5,7-11,14,19H,3-4,6,12-13,15H2,(H3,28,29,33)/b17-14-. The number of hydrogen-bond donors (Lipinski definition) is 2. The summed E-state index contributed by atoms with van der Waals surface area (Å²) in [5, 5.41) is 3.56. The Morgan fingerprint density at radius 2 is 1.91 bits per heavy atom. The summed E-state index contributed by atoms with van der Waals surface area (Å²) in [6.07, 6.45) is 5.24. The molecule has 168 valence electrons. The van der Waals surface area contributed by atoms with Gasteiger partial charge in [-0.2, -0.15) is 0 Å². The van der Waals surface area contributed by atoms with Crippen LogP contribution in [0.15, 0.2) is 48.5 Å².